The quantitative estimate of drug-likeness (QED) is 0.481. The van der Waals surface area contributed by atoms with Crippen LogP contribution in [0.3, 0.4) is 0 Å². The molecule has 6 nitrogen and oxygen atoms in total. The SMILES string of the molecule is Cc1c(=O)[nH]c(Cc2c[nH]c3ccccc23)c(O)[n+]1[O-]. The highest BCUT2D eigenvalue weighted by atomic mass is 16.5. The zero-order valence-corrected chi connectivity index (χ0v) is 10.8. The van der Waals surface area contributed by atoms with Crippen LogP contribution in [0.5, 0.6) is 5.88 Å². The fourth-order valence-corrected chi connectivity index (χ4v) is 2.25. The molecule has 3 rings (SSSR count). The van der Waals surface area contributed by atoms with Gasteiger partial charge in [-0.25, -0.2) is 0 Å². The van der Waals surface area contributed by atoms with E-state index in [1.807, 2.05) is 24.3 Å². The van der Waals surface area contributed by atoms with Gasteiger partial charge in [-0.3, -0.25) is 4.79 Å². The molecule has 0 aliphatic heterocycles. The Kier molecular flexibility index (Phi) is 2.71. The summed E-state index contributed by atoms with van der Waals surface area (Å²) in [5.74, 6) is -0.465. The number of aromatic nitrogens is 3. The Morgan fingerprint density at radius 2 is 2.10 bits per heavy atom. The maximum absolute atomic E-state index is 11.6. The Morgan fingerprint density at radius 3 is 2.90 bits per heavy atom. The Labute approximate surface area is 113 Å². The maximum atomic E-state index is 11.6. The second-order valence-electron chi connectivity index (χ2n) is 4.67. The summed E-state index contributed by atoms with van der Waals surface area (Å²) in [6, 6.07) is 7.70. The molecule has 3 aromatic rings. The van der Waals surface area contributed by atoms with Gasteiger partial charge < -0.3 is 20.3 Å². The van der Waals surface area contributed by atoms with Crippen molar-refractivity contribution in [2.75, 3.05) is 0 Å². The van der Waals surface area contributed by atoms with Crippen molar-refractivity contribution in [3.8, 4) is 5.88 Å². The molecule has 0 aliphatic rings. The first-order chi connectivity index (χ1) is 9.58. The van der Waals surface area contributed by atoms with Gasteiger partial charge in [0, 0.05) is 30.4 Å². The summed E-state index contributed by atoms with van der Waals surface area (Å²) >= 11 is 0. The summed E-state index contributed by atoms with van der Waals surface area (Å²) in [7, 11) is 0. The molecule has 2 heterocycles. The van der Waals surface area contributed by atoms with Gasteiger partial charge in [0.25, 0.3) is 5.69 Å². The Hall–Kier alpha value is -2.76. The van der Waals surface area contributed by atoms with Crippen molar-refractivity contribution >= 4 is 10.9 Å². The van der Waals surface area contributed by atoms with Crippen LogP contribution in [0.2, 0.25) is 0 Å². The summed E-state index contributed by atoms with van der Waals surface area (Å²) in [6.07, 6.45) is 2.07. The van der Waals surface area contributed by atoms with E-state index in [1.54, 1.807) is 6.20 Å². The number of aromatic amines is 2. The molecule has 0 aliphatic carbocycles. The van der Waals surface area contributed by atoms with Crippen molar-refractivity contribution in [3.63, 3.8) is 0 Å². The fraction of sp³-hybridized carbons (Fsp3) is 0.143. The van der Waals surface area contributed by atoms with Crippen LogP contribution in [0, 0.1) is 12.1 Å². The predicted molar refractivity (Wildman–Crippen MR) is 73.5 cm³/mol. The van der Waals surface area contributed by atoms with Crippen LogP contribution in [-0.2, 0) is 6.42 Å². The smallest absolute Gasteiger partial charge is 0.397 e. The second-order valence-corrected chi connectivity index (χ2v) is 4.67. The first kappa shape index (κ1) is 12.3. The van der Waals surface area contributed by atoms with E-state index < -0.39 is 11.4 Å². The number of hydrogen-bond donors (Lipinski definition) is 3. The third-order valence-corrected chi connectivity index (χ3v) is 3.40. The zero-order chi connectivity index (χ0) is 14.3. The minimum atomic E-state index is -0.493. The third-order valence-electron chi connectivity index (χ3n) is 3.40. The fourth-order valence-electron chi connectivity index (χ4n) is 2.25. The number of para-hydroxylation sites is 1. The van der Waals surface area contributed by atoms with Crippen LogP contribution in [0.15, 0.2) is 35.3 Å². The summed E-state index contributed by atoms with van der Waals surface area (Å²) in [5.41, 5.74) is 1.50. The summed E-state index contributed by atoms with van der Waals surface area (Å²) in [6.45, 7) is 1.36. The van der Waals surface area contributed by atoms with E-state index in [1.165, 1.54) is 6.92 Å². The molecule has 20 heavy (non-hydrogen) atoms. The lowest BCUT2D eigenvalue weighted by Crippen LogP contribution is -2.39. The molecule has 0 spiro atoms. The highest BCUT2D eigenvalue weighted by Gasteiger charge is 2.19. The van der Waals surface area contributed by atoms with E-state index in [0.717, 1.165) is 16.5 Å². The molecule has 0 atom stereocenters. The molecule has 1 aromatic carbocycles. The Balaban J connectivity index is 2.10. The molecular formula is C14H13N3O3. The molecule has 6 heteroatoms. The van der Waals surface area contributed by atoms with Gasteiger partial charge in [0.05, 0.1) is 0 Å². The van der Waals surface area contributed by atoms with Gasteiger partial charge in [-0.05, 0) is 11.6 Å². The van der Waals surface area contributed by atoms with Crippen molar-refractivity contribution in [1.82, 2.24) is 9.97 Å². The number of hydrogen-bond acceptors (Lipinski definition) is 3. The highest BCUT2D eigenvalue weighted by Crippen LogP contribution is 2.21. The summed E-state index contributed by atoms with van der Waals surface area (Å²) in [5, 5.41) is 22.5. The zero-order valence-electron chi connectivity index (χ0n) is 10.8. The van der Waals surface area contributed by atoms with Crippen LogP contribution >= 0.6 is 0 Å². The van der Waals surface area contributed by atoms with Crippen LogP contribution in [0.1, 0.15) is 17.0 Å². The highest BCUT2D eigenvalue weighted by molar-refractivity contribution is 5.83. The van der Waals surface area contributed by atoms with Gasteiger partial charge in [-0.15, -0.1) is 4.73 Å². The summed E-state index contributed by atoms with van der Waals surface area (Å²) in [4.78, 5) is 17.3. The number of nitrogens with zero attached hydrogens (tertiary/aromatic N) is 1. The Morgan fingerprint density at radius 1 is 1.35 bits per heavy atom. The normalized spacial score (nSPS) is 11.1. The molecule has 0 fully saturated rings. The largest absolute Gasteiger partial charge is 0.616 e. The first-order valence-corrected chi connectivity index (χ1v) is 6.17. The molecule has 0 unspecified atom stereocenters. The average Bonchev–Trinajstić information content (AvgIpc) is 2.86. The molecule has 0 saturated carbocycles. The molecule has 102 valence electrons. The topological polar surface area (TPSA) is 95.8 Å². The van der Waals surface area contributed by atoms with Crippen molar-refractivity contribution < 1.29 is 9.84 Å². The van der Waals surface area contributed by atoms with E-state index in [9.17, 15) is 15.1 Å². The number of fused-ring (bicyclic) bond motifs is 1. The average molecular weight is 271 g/mol. The molecule has 2 aromatic heterocycles. The monoisotopic (exact) mass is 271 g/mol. The van der Waals surface area contributed by atoms with Crippen LogP contribution in [0.4, 0.5) is 0 Å². The van der Waals surface area contributed by atoms with Gasteiger partial charge in [0.2, 0.25) is 0 Å². The van der Waals surface area contributed by atoms with Gasteiger partial charge >= 0.3 is 11.4 Å². The lowest BCUT2D eigenvalue weighted by atomic mass is 10.1. The standard InChI is InChI=1S/C14H13N3O3/c1-8-13(18)16-12(14(19)17(8)20)6-9-7-15-11-5-3-2-4-10(9)11/h2-5,7,15,19H,6H2,1H3,(H,16,18). The van der Waals surface area contributed by atoms with E-state index in [2.05, 4.69) is 9.97 Å². The number of aromatic hydroxyl groups is 1. The molecular weight excluding hydrogens is 258 g/mol. The van der Waals surface area contributed by atoms with Gasteiger partial charge in [-0.2, -0.15) is 0 Å². The molecule has 0 saturated heterocycles. The Bertz CT molecular complexity index is 848. The van der Waals surface area contributed by atoms with Crippen molar-refractivity contribution in [2.45, 2.75) is 13.3 Å². The first-order valence-electron chi connectivity index (χ1n) is 6.17. The van der Waals surface area contributed by atoms with Crippen LogP contribution in [-0.4, -0.2) is 15.1 Å². The lowest BCUT2D eigenvalue weighted by Gasteiger charge is -2.06. The van der Waals surface area contributed by atoms with Gasteiger partial charge in [0.1, 0.15) is 5.69 Å². The molecule has 3 N–H and O–H groups in total. The van der Waals surface area contributed by atoms with Crippen molar-refractivity contribution in [3.05, 3.63) is 63.0 Å². The molecule has 0 bridgehead atoms. The van der Waals surface area contributed by atoms with E-state index in [0.29, 0.717) is 0 Å². The van der Waals surface area contributed by atoms with Gasteiger partial charge in [0.15, 0.2) is 0 Å². The third kappa shape index (κ3) is 1.82. The van der Waals surface area contributed by atoms with Crippen LogP contribution < -0.4 is 10.3 Å². The van der Waals surface area contributed by atoms with E-state index in [4.69, 9.17) is 0 Å². The summed E-state index contributed by atoms with van der Waals surface area (Å²) < 4.78 is 0.253. The minimum Gasteiger partial charge on any atom is -0.616 e. The molecule has 0 radical (unpaired) electrons. The van der Waals surface area contributed by atoms with E-state index in [-0.39, 0.29) is 22.5 Å². The van der Waals surface area contributed by atoms with Crippen molar-refractivity contribution in [1.29, 1.82) is 0 Å². The number of nitrogens with one attached hydrogen (secondary N) is 2. The predicted octanol–water partition coefficient (Wildman–Crippen LogP) is 1.09. The number of rotatable bonds is 2. The van der Waals surface area contributed by atoms with E-state index >= 15 is 0 Å². The number of H-pyrrole nitrogens is 2. The van der Waals surface area contributed by atoms with Crippen molar-refractivity contribution in [2.24, 2.45) is 0 Å². The van der Waals surface area contributed by atoms with Crippen LogP contribution in [0.25, 0.3) is 10.9 Å². The maximum Gasteiger partial charge on any atom is 0.397 e. The number of benzene rings is 1. The van der Waals surface area contributed by atoms with Gasteiger partial charge in [-0.1, -0.05) is 18.2 Å². The molecule has 0 amide bonds. The minimum absolute atomic E-state index is 0.0785. The second kappa shape index (κ2) is 4.41. The lowest BCUT2D eigenvalue weighted by molar-refractivity contribution is -0.622.